The summed E-state index contributed by atoms with van der Waals surface area (Å²) in [4.78, 5) is 12.3. The van der Waals surface area contributed by atoms with Crippen LogP contribution < -0.4 is 10.1 Å². The summed E-state index contributed by atoms with van der Waals surface area (Å²) >= 11 is 1.71. The molecule has 25 heavy (non-hydrogen) atoms. The summed E-state index contributed by atoms with van der Waals surface area (Å²) in [7, 11) is 1.65. The van der Waals surface area contributed by atoms with E-state index < -0.39 is 0 Å². The largest absolute Gasteiger partial charge is 0.497 e. The molecule has 0 bridgehead atoms. The maximum absolute atomic E-state index is 12.3. The average molecular weight is 359 g/mol. The molecule has 134 valence electrons. The lowest BCUT2D eigenvalue weighted by atomic mass is 9.75. The van der Waals surface area contributed by atoms with Gasteiger partial charge in [0, 0.05) is 31.6 Å². The number of methoxy groups -OCH3 is 1. The predicted molar refractivity (Wildman–Crippen MR) is 100 cm³/mol. The molecular formula is C20H25NO3S. The number of hydrogen-bond acceptors (Lipinski definition) is 4. The van der Waals surface area contributed by atoms with Gasteiger partial charge in [-0.2, -0.15) is 11.3 Å². The van der Waals surface area contributed by atoms with Crippen LogP contribution in [-0.2, 0) is 21.4 Å². The first-order chi connectivity index (χ1) is 12.2. The van der Waals surface area contributed by atoms with E-state index in [9.17, 15) is 4.79 Å². The lowest BCUT2D eigenvalue weighted by Gasteiger charge is -2.37. The van der Waals surface area contributed by atoms with Crippen molar-refractivity contribution in [2.45, 2.75) is 31.1 Å². The molecule has 0 spiro atoms. The smallest absolute Gasteiger partial charge is 0.220 e. The van der Waals surface area contributed by atoms with E-state index in [1.165, 1.54) is 5.56 Å². The fraction of sp³-hybridized carbons (Fsp3) is 0.450. The van der Waals surface area contributed by atoms with Crippen molar-refractivity contribution in [2.75, 3.05) is 26.9 Å². The van der Waals surface area contributed by atoms with E-state index in [1.54, 1.807) is 18.4 Å². The molecule has 1 N–H and O–H groups in total. The number of nitrogens with one attached hydrogen (secondary N) is 1. The molecule has 3 rings (SSSR count). The molecule has 1 aromatic heterocycles. The van der Waals surface area contributed by atoms with Crippen molar-refractivity contribution in [1.29, 1.82) is 0 Å². The number of benzene rings is 1. The van der Waals surface area contributed by atoms with Crippen molar-refractivity contribution in [1.82, 2.24) is 5.32 Å². The molecule has 0 saturated carbocycles. The van der Waals surface area contributed by atoms with Crippen molar-refractivity contribution in [2.24, 2.45) is 0 Å². The maximum atomic E-state index is 12.3. The van der Waals surface area contributed by atoms with Gasteiger partial charge in [0.25, 0.3) is 0 Å². The van der Waals surface area contributed by atoms with Gasteiger partial charge in [0.1, 0.15) is 5.75 Å². The summed E-state index contributed by atoms with van der Waals surface area (Å²) in [6.45, 7) is 2.21. The van der Waals surface area contributed by atoms with Gasteiger partial charge in [0.15, 0.2) is 0 Å². The topological polar surface area (TPSA) is 47.6 Å². The summed E-state index contributed by atoms with van der Waals surface area (Å²) in [5.41, 5.74) is 2.50. The SMILES string of the molecule is COc1ccc(CCC(=O)NCC2(c3ccsc3)CCOCC2)cc1. The predicted octanol–water partition coefficient (Wildman–Crippen LogP) is 3.55. The van der Waals surface area contributed by atoms with Gasteiger partial charge in [-0.1, -0.05) is 12.1 Å². The first-order valence-electron chi connectivity index (χ1n) is 8.72. The number of hydrogen-bond donors (Lipinski definition) is 1. The van der Waals surface area contributed by atoms with Crippen LogP contribution in [0.5, 0.6) is 5.75 Å². The minimum atomic E-state index is 0.0218. The average Bonchev–Trinajstić information content (AvgIpc) is 3.21. The highest BCUT2D eigenvalue weighted by molar-refractivity contribution is 7.08. The molecule has 1 aromatic carbocycles. The van der Waals surface area contributed by atoms with Gasteiger partial charge in [0.2, 0.25) is 5.91 Å². The molecule has 1 saturated heterocycles. The Bertz CT molecular complexity index is 661. The monoisotopic (exact) mass is 359 g/mol. The lowest BCUT2D eigenvalue weighted by Crippen LogP contribution is -2.44. The second kappa shape index (κ2) is 8.50. The Labute approximate surface area is 153 Å². The molecule has 1 aliphatic heterocycles. The van der Waals surface area contributed by atoms with Crippen molar-refractivity contribution in [3.8, 4) is 5.75 Å². The third kappa shape index (κ3) is 4.61. The second-order valence-corrected chi connectivity index (χ2v) is 7.31. The van der Waals surface area contributed by atoms with E-state index in [0.717, 1.165) is 43.8 Å². The van der Waals surface area contributed by atoms with Crippen LogP contribution in [0, 0.1) is 0 Å². The Morgan fingerprint density at radius 1 is 1.24 bits per heavy atom. The van der Waals surface area contributed by atoms with Gasteiger partial charge in [-0.05, 0) is 59.3 Å². The quantitative estimate of drug-likeness (QED) is 0.822. The number of rotatable bonds is 7. The Morgan fingerprint density at radius 2 is 2.00 bits per heavy atom. The molecule has 2 aromatic rings. The van der Waals surface area contributed by atoms with E-state index in [2.05, 4.69) is 22.1 Å². The summed E-state index contributed by atoms with van der Waals surface area (Å²) in [6.07, 6.45) is 3.16. The fourth-order valence-electron chi connectivity index (χ4n) is 3.30. The zero-order valence-corrected chi connectivity index (χ0v) is 15.4. The van der Waals surface area contributed by atoms with E-state index >= 15 is 0 Å². The van der Waals surface area contributed by atoms with Gasteiger partial charge in [0.05, 0.1) is 7.11 Å². The van der Waals surface area contributed by atoms with Gasteiger partial charge < -0.3 is 14.8 Å². The van der Waals surface area contributed by atoms with Gasteiger partial charge in [-0.25, -0.2) is 0 Å². The third-order valence-corrected chi connectivity index (χ3v) is 5.69. The zero-order chi connectivity index (χ0) is 17.5. The van der Waals surface area contributed by atoms with Crippen LogP contribution in [0.1, 0.15) is 30.4 Å². The van der Waals surface area contributed by atoms with E-state index in [0.29, 0.717) is 13.0 Å². The van der Waals surface area contributed by atoms with Gasteiger partial charge in [-0.15, -0.1) is 0 Å². The van der Waals surface area contributed by atoms with Gasteiger partial charge in [-0.3, -0.25) is 4.79 Å². The molecule has 1 fully saturated rings. The normalized spacial score (nSPS) is 16.4. The first-order valence-corrected chi connectivity index (χ1v) is 9.66. The van der Waals surface area contributed by atoms with Crippen molar-refractivity contribution in [3.63, 3.8) is 0 Å². The van der Waals surface area contributed by atoms with E-state index in [-0.39, 0.29) is 11.3 Å². The van der Waals surface area contributed by atoms with E-state index in [1.807, 2.05) is 24.3 Å². The number of carbonyl (C=O) groups is 1. The van der Waals surface area contributed by atoms with Crippen LogP contribution in [0.2, 0.25) is 0 Å². The maximum Gasteiger partial charge on any atom is 0.220 e. The minimum Gasteiger partial charge on any atom is -0.497 e. The number of aryl methyl sites for hydroxylation is 1. The van der Waals surface area contributed by atoms with Crippen LogP contribution in [-0.4, -0.2) is 32.8 Å². The Kier molecular flexibility index (Phi) is 6.10. The van der Waals surface area contributed by atoms with Crippen LogP contribution >= 0.6 is 11.3 Å². The highest BCUT2D eigenvalue weighted by atomic mass is 32.1. The van der Waals surface area contributed by atoms with Crippen molar-refractivity contribution < 1.29 is 14.3 Å². The standard InChI is InChI=1S/C20H25NO3S/c1-23-18-5-2-16(3-6-18)4-7-19(22)21-15-20(9-11-24-12-10-20)17-8-13-25-14-17/h2-3,5-6,8,13-14H,4,7,9-12,15H2,1H3,(H,21,22). The Hall–Kier alpha value is -1.85. The molecule has 2 heterocycles. The zero-order valence-electron chi connectivity index (χ0n) is 14.6. The van der Waals surface area contributed by atoms with E-state index in [4.69, 9.17) is 9.47 Å². The molecule has 4 nitrogen and oxygen atoms in total. The summed E-state index contributed by atoms with van der Waals surface area (Å²) in [6, 6.07) is 10.1. The molecule has 5 heteroatoms. The highest BCUT2D eigenvalue weighted by Gasteiger charge is 2.35. The summed E-state index contributed by atoms with van der Waals surface area (Å²) in [5.74, 6) is 0.947. The van der Waals surface area contributed by atoms with Crippen LogP contribution in [0.3, 0.4) is 0 Å². The second-order valence-electron chi connectivity index (χ2n) is 6.53. The fourth-order valence-corrected chi connectivity index (χ4v) is 4.08. The van der Waals surface area contributed by atoms with Crippen LogP contribution in [0.25, 0.3) is 0 Å². The van der Waals surface area contributed by atoms with Crippen molar-refractivity contribution in [3.05, 3.63) is 52.2 Å². The van der Waals surface area contributed by atoms with Crippen molar-refractivity contribution >= 4 is 17.2 Å². The third-order valence-electron chi connectivity index (χ3n) is 5.01. The Morgan fingerprint density at radius 3 is 2.64 bits per heavy atom. The minimum absolute atomic E-state index is 0.0218. The summed E-state index contributed by atoms with van der Waals surface area (Å²) in [5, 5.41) is 7.47. The van der Waals surface area contributed by atoms with Crippen LogP contribution in [0.4, 0.5) is 0 Å². The van der Waals surface area contributed by atoms with Gasteiger partial charge >= 0.3 is 0 Å². The molecule has 1 aliphatic rings. The molecular weight excluding hydrogens is 334 g/mol. The Balaban J connectivity index is 1.53. The molecule has 0 atom stereocenters. The molecule has 0 unspecified atom stereocenters. The highest BCUT2D eigenvalue weighted by Crippen LogP contribution is 2.35. The molecule has 1 amide bonds. The number of amides is 1. The first kappa shape index (κ1) is 18.0. The lowest BCUT2D eigenvalue weighted by molar-refractivity contribution is -0.121. The number of carbonyl (C=O) groups excluding carboxylic acids is 1. The van der Waals surface area contributed by atoms with Crippen LogP contribution in [0.15, 0.2) is 41.1 Å². The summed E-state index contributed by atoms with van der Waals surface area (Å²) < 4.78 is 10.7. The molecule has 0 aliphatic carbocycles. The molecule has 0 radical (unpaired) electrons. The number of ether oxygens (including phenoxy) is 2. The number of thiophene rings is 1.